The number of rotatable bonds is 10. The van der Waals surface area contributed by atoms with Crippen LogP contribution in [0.1, 0.15) is 41.5 Å². The summed E-state index contributed by atoms with van der Waals surface area (Å²) in [5, 5.41) is 0.574. The molecule has 0 saturated carbocycles. The molecule has 2 fully saturated rings. The van der Waals surface area contributed by atoms with E-state index in [2.05, 4.69) is 0 Å². The van der Waals surface area contributed by atoms with Crippen LogP contribution in [-0.4, -0.2) is 81.1 Å². The first-order chi connectivity index (χ1) is 16.3. The third kappa shape index (κ3) is 9.17. The largest absolute Gasteiger partial charge is 0.476 e. The Morgan fingerprint density at radius 3 is 1.77 bits per heavy atom. The Labute approximate surface area is 212 Å². The van der Waals surface area contributed by atoms with E-state index in [-0.39, 0.29) is 25.4 Å². The summed E-state index contributed by atoms with van der Waals surface area (Å²) in [6.45, 7) is 12.4. The number of esters is 1. The minimum absolute atomic E-state index is 0.0977. The summed E-state index contributed by atoms with van der Waals surface area (Å²) >= 11 is 5.93. The summed E-state index contributed by atoms with van der Waals surface area (Å²) < 4.78 is 46.1. The van der Waals surface area contributed by atoms with Crippen LogP contribution in [0.5, 0.6) is 5.75 Å². The van der Waals surface area contributed by atoms with Gasteiger partial charge in [0.05, 0.1) is 39.6 Å². The van der Waals surface area contributed by atoms with Crippen molar-refractivity contribution < 1.29 is 42.7 Å². The highest BCUT2D eigenvalue weighted by Gasteiger charge is 2.36. The van der Waals surface area contributed by atoms with Gasteiger partial charge in [0.25, 0.3) is 0 Å². The average molecular weight is 517 g/mol. The quantitative estimate of drug-likeness (QED) is 0.431. The van der Waals surface area contributed by atoms with Crippen molar-refractivity contribution in [1.29, 1.82) is 0 Å². The predicted octanol–water partition coefficient (Wildman–Crippen LogP) is 3.75. The number of carbonyl (C=O) groups excluding carboxylic acids is 1. The Hall–Kier alpha value is -1.46. The van der Waals surface area contributed by atoms with Crippen LogP contribution in [0.4, 0.5) is 0 Å². The molecule has 2 aliphatic rings. The van der Waals surface area contributed by atoms with E-state index < -0.39 is 29.2 Å². The lowest BCUT2D eigenvalue weighted by Crippen LogP contribution is -2.47. The standard InChI is InChI=1S/C25H37ClO9/c1-23(2,35-18-9-7-17(26)8-10-18)22(27)34-21(11-28-19-13-30-24(3,4)31-14-19)12-29-20-15-32-25(5,6)33-16-20/h7-10,19-21H,11-16H2,1-6H3. The normalized spacial score (nSPS) is 21.1. The van der Waals surface area contributed by atoms with Crippen LogP contribution in [0.3, 0.4) is 0 Å². The molecule has 1 aromatic carbocycles. The van der Waals surface area contributed by atoms with Crippen LogP contribution >= 0.6 is 11.6 Å². The summed E-state index contributed by atoms with van der Waals surface area (Å²) in [4.78, 5) is 13.0. The van der Waals surface area contributed by atoms with Crippen LogP contribution in [0, 0.1) is 0 Å². The first-order valence-corrected chi connectivity index (χ1v) is 12.2. The van der Waals surface area contributed by atoms with Crippen LogP contribution in [0.2, 0.25) is 5.02 Å². The third-order valence-electron chi connectivity index (χ3n) is 5.45. The maximum Gasteiger partial charge on any atom is 0.350 e. The molecule has 2 saturated heterocycles. The predicted molar refractivity (Wildman–Crippen MR) is 127 cm³/mol. The number of halogens is 1. The lowest BCUT2D eigenvalue weighted by atomic mass is 10.1. The maximum absolute atomic E-state index is 13.0. The zero-order chi connectivity index (χ0) is 25.7. The number of ether oxygens (including phenoxy) is 8. The summed E-state index contributed by atoms with van der Waals surface area (Å²) in [5.41, 5.74) is -1.26. The van der Waals surface area contributed by atoms with Gasteiger partial charge < -0.3 is 37.9 Å². The molecule has 0 unspecified atom stereocenters. The van der Waals surface area contributed by atoms with Gasteiger partial charge in [-0.1, -0.05) is 11.6 Å². The highest BCUT2D eigenvalue weighted by Crippen LogP contribution is 2.24. The molecule has 0 bridgehead atoms. The Morgan fingerprint density at radius 2 is 1.34 bits per heavy atom. The summed E-state index contributed by atoms with van der Waals surface area (Å²) in [6, 6.07) is 6.76. The minimum Gasteiger partial charge on any atom is -0.476 e. The fourth-order valence-electron chi connectivity index (χ4n) is 3.28. The molecule has 198 valence electrons. The van der Waals surface area contributed by atoms with Gasteiger partial charge in [0, 0.05) is 5.02 Å². The van der Waals surface area contributed by atoms with Crippen molar-refractivity contribution in [2.24, 2.45) is 0 Å². The van der Waals surface area contributed by atoms with Gasteiger partial charge in [0.2, 0.25) is 0 Å². The highest BCUT2D eigenvalue weighted by molar-refractivity contribution is 6.30. The molecular weight excluding hydrogens is 480 g/mol. The highest BCUT2D eigenvalue weighted by atomic mass is 35.5. The Kier molecular flexibility index (Phi) is 9.42. The van der Waals surface area contributed by atoms with E-state index in [1.165, 1.54) is 0 Å². The van der Waals surface area contributed by atoms with Crippen molar-refractivity contribution in [1.82, 2.24) is 0 Å². The second kappa shape index (κ2) is 11.7. The molecule has 10 heteroatoms. The van der Waals surface area contributed by atoms with Crippen LogP contribution in [0.25, 0.3) is 0 Å². The maximum atomic E-state index is 13.0. The van der Waals surface area contributed by atoms with Crippen molar-refractivity contribution >= 4 is 17.6 Å². The van der Waals surface area contributed by atoms with Gasteiger partial charge in [0.1, 0.15) is 24.1 Å². The van der Waals surface area contributed by atoms with Gasteiger partial charge in [-0.05, 0) is 65.8 Å². The zero-order valence-electron chi connectivity index (χ0n) is 21.3. The minimum atomic E-state index is -1.26. The lowest BCUT2D eigenvalue weighted by molar-refractivity contribution is -0.286. The SMILES string of the molecule is CC1(C)OCC(OCC(COC2COC(C)(C)OC2)OC(=O)C(C)(C)Oc2ccc(Cl)cc2)CO1. The molecular formula is C25H37ClO9. The molecule has 0 amide bonds. The number of carbonyl (C=O) groups is 1. The molecule has 0 aromatic heterocycles. The van der Waals surface area contributed by atoms with Gasteiger partial charge in [-0.3, -0.25) is 0 Å². The number of benzene rings is 1. The number of hydrogen-bond acceptors (Lipinski definition) is 9. The van der Waals surface area contributed by atoms with Crippen molar-refractivity contribution in [3.63, 3.8) is 0 Å². The van der Waals surface area contributed by atoms with Gasteiger partial charge in [0.15, 0.2) is 17.2 Å². The van der Waals surface area contributed by atoms with Crippen molar-refractivity contribution in [3.8, 4) is 5.75 Å². The molecule has 1 aromatic rings. The lowest BCUT2D eigenvalue weighted by Gasteiger charge is -2.36. The number of hydrogen-bond donors (Lipinski definition) is 0. The second-order valence-electron chi connectivity index (χ2n) is 10.0. The molecule has 0 N–H and O–H groups in total. The van der Waals surface area contributed by atoms with Crippen LogP contribution in [-0.2, 0) is 38.0 Å². The smallest absolute Gasteiger partial charge is 0.350 e. The first kappa shape index (κ1) is 28.1. The Morgan fingerprint density at radius 1 is 0.914 bits per heavy atom. The van der Waals surface area contributed by atoms with E-state index in [1.807, 2.05) is 27.7 Å². The molecule has 2 heterocycles. The van der Waals surface area contributed by atoms with Crippen molar-refractivity contribution in [3.05, 3.63) is 29.3 Å². The monoisotopic (exact) mass is 516 g/mol. The molecule has 0 spiro atoms. The van der Waals surface area contributed by atoms with E-state index in [0.29, 0.717) is 37.2 Å². The fourth-order valence-corrected chi connectivity index (χ4v) is 3.41. The van der Waals surface area contributed by atoms with E-state index in [9.17, 15) is 4.79 Å². The van der Waals surface area contributed by atoms with E-state index in [1.54, 1.807) is 38.1 Å². The zero-order valence-corrected chi connectivity index (χ0v) is 22.1. The first-order valence-electron chi connectivity index (χ1n) is 11.8. The topological polar surface area (TPSA) is 90.9 Å². The Balaban J connectivity index is 1.57. The molecule has 9 nitrogen and oxygen atoms in total. The van der Waals surface area contributed by atoms with Gasteiger partial charge in [-0.15, -0.1) is 0 Å². The molecule has 3 rings (SSSR count). The van der Waals surface area contributed by atoms with E-state index >= 15 is 0 Å². The fraction of sp³-hybridized carbons (Fsp3) is 0.720. The summed E-state index contributed by atoms with van der Waals surface area (Å²) in [5.74, 6) is -1.35. The van der Waals surface area contributed by atoms with Gasteiger partial charge in [-0.2, -0.15) is 0 Å². The van der Waals surface area contributed by atoms with E-state index in [0.717, 1.165) is 0 Å². The molecule has 0 atom stereocenters. The summed E-state index contributed by atoms with van der Waals surface area (Å²) in [6.07, 6.45) is -1.27. The van der Waals surface area contributed by atoms with Gasteiger partial charge >= 0.3 is 5.97 Å². The van der Waals surface area contributed by atoms with E-state index in [4.69, 9.17) is 49.5 Å². The van der Waals surface area contributed by atoms with Crippen molar-refractivity contribution in [2.45, 2.75) is 77.0 Å². The van der Waals surface area contributed by atoms with Gasteiger partial charge in [-0.25, -0.2) is 4.79 Å². The molecule has 0 aliphatic carbocycles. The molecule has 35 heavy (non-hydrogen) atoms. The molecule has 0 radical (unpaired) electrons. The summed E-state index contributed by atoms with van der Waals surface area (Å²) in [7, 11) is 0. The third-order valence-corrected chi connectivity index (χ3v) is 5.71. The second-order valence-corrected chi connectivity index (χ2v) is 10.5. The van der Waals surface area contributed by atoms with Crippen LogP contribution in [0.15, 0.2) is 24.3 Å². The average Bonchev–Trinajstić information content (AvgIpc) is 2.78. The Bertz CT molecular complexity index is 773. The van der Waals surface area contributed by atoms with Crippen molar-refractivity contribution in [2.75, 3.05) is 39.6 Å². The van der Waals surface area contributed by atoms with Crippen LogP contribution < -0.4 is 4.74 Å². The molecule has 2 aliphatic heterocycles.